The van der Waals surface area contributed by atoms with E-state index in [1.54, 1.807) is 12.1 Å². The Hall–Kier alpha value is -1.95. The van der Waals surface area contributed by atoms with E-state index >= 15 is 0 Å². The lowest BCUT2D eigenvalue weighted by molar-refractivity contribution is -0.111. The summed E-state index contributed by atoms with van der Waals surface area (Å²) in [5, 5.41) is 5.84. The molecule has 0 fully saturated rings. The maximum absolute atomic E-state index is 12.0. The number of halogens is 2. The largest absolute Gasteiger partial charge is 0.298 e. The summed E-state index contributed by atoms with van der Waals surface area (Å²) in [7, 11) is 0. The van der Waals surface area contributed by atoms with Gasteiger partial charge in [-0.15, -0.1) is 11.3 Å². The second-order valence-corrected chi connectivity index (χ2v) is 7.07. The summed E-state index contributed by atoms with van der Waals surface area (Å²) < 4.78 is 1.01. The zero-order chi connectivity index (χ0) is 16.9. The van der Waals surface area contributed by atoms with E-state index in [9.17, 15) is 4.79 Å². The number of thiazole rings is 1. The van der Waals surface area contributed by atoms with Gasteiger partial charge in [0.15, 0.2) is 5.13 Å². The van der Waals surface area contributed by atoms with Crippen LogP contribution in [0.4, 0.5) is 5.13 Å². The van der Waals surface area contributed by atoms with Gasteiger partial charge in [0.05, 0.1) is 5.69 Å². The number of benzene rings is 2. The van der Waals surface area contributed by atoms with Gasteiger partial charge < -0.3 is 0 Å². The maximum Gasteiger partial charge on any atom is 0.250 e. The molecule has 0 radical (unpaired) electrons. The highest BCUT2D eigenvalue weighted by Crippen LogP contribution is 2.26. The topological polar surface area (TPSA) is 42.0 Å². The third kappa shape index (κ3) is 4.32. The van der Waals surface area contributed by atoms with Gasteiger partial charge >= 0.3 is 0 Å². The summed E-state index contributed by atoms with van der Waals surface area (Å²) in [5.74, 6) is -0.244. The molecular formula is C18H12BrClN2OS. The maximum atomic E-state index is 12.0. The molecule has 1 aromatic heterocycles. The second-order valence-electron chi connectivity index (χ2n) is 4.89. The molecule has 24 heavy (non-hydrogen) atoms. The van der Waals surface area contributed by atoms with Crippen LogP contribution in [0.25, 0.3) is 17.3 Å². The predicted molar refractivity (Wildman–Crippen MR) is 104 cm³/mol. The molecule has 0 aliphatic rings. The fourth-order valence-corrected chi connectivity index (χ4v) is 3.19. The lowest BCUT2D eigenvalue weighted by Crippen LogP contribution is -2.07. The Bertz CT molecular complexity index is 890. The van der Waals surface area contributed by atoms with Crippen molar-refractivity contribution < 1.29 is 4.79 Å². The molecule has 3 aromatic rings. The van der Waals surface area contributed by atoms with Gasteiger partial charge in [-0.1, -0.05) is 57.9 Å². The van der Waals surface area contributed by atoms with Crippen molar-refractivity contribution in [3.8, 4) is 11.3 Å². The first-order valence-electron chi connectivity index (χ1n) is 7.07. The minimum Gasteiger partial charge on any atom is -0.298 e. The van der Waals surface area contributed by atoms with Crippen LogP contribution >= 0.6 is 38.9 Å². The summed E-state index contributed by atoms with van der Waals surface area (Å²) in [6.07, 6.45) is 3.13. The fraction of sp³-hybridized carbons (Fsp3) is 0. The SMILES string of the molecule is O=C(C=Cc1ccccc1Cl)Nc1nc(-c2ccc(Br)cc2)cs1. The molecule has 0 atom stereocenters. The molecule has 1 amide bonds. The van der Waals surface area contributed by atoms with Crippen LogP contribution in [-0.4, -0.2) is 10.9 Å². The van der Waals surface area contributed by atoms with Gasteiger partial charge in [0.1, 0.15) is 0 Å². The summed E-state index contributed by atoms with van der Waals surface area (Å²) in [6.45, 7) is 0. The monoisotopic (exact) mass is 418 g/mol. The van der Waals surface area contributed by atoms with E-state index in [1.165, 1.54) is 17.4 Å². The van der Waals surface area contributed by atoms with Crippen molar-refractivity contribution in [3.63, 3.8) is 0 Å². The van der Waals surface area contributed by atoms with E-state index < -0.39 is 0 Å². The van der Waals surface area contributed by atoms with E-state index in [0.717, 1.165) is 21.3 Å². The third-order valence-corrected chi connectivity index (χ3v) is 4.82. The van der Waals surface area contributed by atoms with Gasteiger partial charge in [-0.25, -0.2) is 4.98 Å². The van der Waals surface area contributed by atoms with Crippen LogP contribution in [0.5, 0.6) is 0 Å². The number of amides is 1. The Balaban J connectivity index is 1.67. The average Bonchev–Trinajstić information content (AvgIpc) is 3.03. The number of nitrogens with one attached hydrogen (secondary N) is 1. The number of rotatable bonds is 4. The Morgan fingerprint density at radius 1 is 1.17 bits per heavy atom. The highest BCUT2D eigenvalue weighted by molar-refractivity contribution is 9.10. The molecule has 120 valence electrons. The van der Waals surface area contributed by atoms with Crippen molar-refractivity contribution in [2.45, 2.75) is 0 Å². The minimum atomic E-state index is -0.244. The van der Waals surface area contributed by atoms with E-state index in [0.29, 0.717) is 10.2 Å². The summed E-state index contributed by atoms with van der Waals surface area (Å²) >= 11 is 10.8. The molecular weight excluding hydrogens is 408 g/mol. The van der Waals surface area contributed by atoms with Crippen LogP contribution in [0.3, 0.4) is 0 Å². The minimum absolute atomic E-state index is 0.244. The number of aromatic nitrogens is 1. The zero-order valence-corrected chi connectivity index (χ0v) is 15.5. The summed E-state index contributed by atoms with van der Waals surface area (Å²) in [4.78, 5) is 16.4. The summed E-state index contributed by atoms with van der Waals surface area (Å²) in [5.41, 5.74) is 2.63. The lowest BCUT2D eigenvalue weighted by atomic mass is 10.2. The van der Waals surface area contributed by atoms with E-state index in [-0.39, 0.29) is 5.91 Å². The van der Waals surface area contributed by atoms with Crippen molar-refractivity contribution in [1.82, 2.24) is 4.98 Å². The van der Waals surface area contributed by atoms with Gasteiger partial charge in [0.25, 0.3) is 0 Å². The first-order valence-corrected chi connectivity index (χ1v) is 9.12. The van der Waals surface area contributed by atoms with Crippen molar-refractivity contribution in [2.24, 2.45) is 0 Å². The summed E-state index contributed by atoms with van der Waals surface area (Å²) in [6, 6.07) is 15.2. The van der Waals surface area contributed by atoms with Crippen LogP contribution in [-0.2, 0) is 4.79 Å². The predicted octanol–water partition coefficient (Wildman–Crippen LogP) is 5.88. The van der Waals surface area contributed by atoms with Crippen molar-refractivity contribution in [2.75, 3.05) is 5.32 Å². The number of carbonyl (C=O) groups is 1. The molecule has 0 spiro atoms. The smallest absolute Gasteiger partial charge is 0.250 e. The number of hydrogen-bond donors (Lipinski definition) is 1. The molecule has 1 N–H and O–H groups in total. The average molecular weight is 420 g/mol. The molecule has 1 heterocycles. The van der Waals surface area contributed by atoms with Crippen LogP contribution in [0.1, 0.15) is 5.56 Å². The zero-order valence-electron chi connectivity index (χ0n) is 12.4. The van der Waals surface area contributed by atoms with Gasteiger partial charge in [0, 0.05) is 26.5 Å². The second kappa shape index (κ2) is 7.75. The number of carbonyl (C=O) groups excluding carboxylic acids is 1. The Labute approximate surface area is 157 Å². The van der Waals surface area contributed by atoms with Gasteiger partial charge in [0.2, 0.25) is 5.91 Å². The van der Waals surface area contributed by atoms with Crippen LogP contribution in [0.2, 0.25) is 5.02 Å². The molecule has 3 rings (SSSR count). The standard InChI is InChI=1S/C18H12BrClN2OS/c19-14-8-5-13(6-9-14)16-11-24-18(21-16)22-17(23)10-7-12-3-1-2-4-15(12)20/h1-11H,(H,21,22,23). The Morgan fingerprint density at radius 3 is 2.67 bits per heavy atom. The Morgan fingerprint density at radius 2 is 1.92 bits per heavy atom. The lowest BCUT2D eigenvalue weighted by Gasteiger charge is -1.98. The molecule has 0 bridgehead atoms. The molecule has 0 aliphatic carbocycles. The highest BCUT2D eigenvalue weighted by Gasteiger charge is 2.06. The molecule has 0 aliphatic heterocycles. The number of hydrogen-bond acceptors (Lipinski definition) is 3. The van der Waals surface area contributed by atoms with Crippen LogP contribution < -0.4 is 5.32 Å². The first kappa shape index (κ1) is 16.9. The molecule has 0 saturated heterocycles. The van der Waals surface area contributed by atoms with Gasteiger partial charge in [-0.05, 0) is 29.8 Å². The quantitative estimate of drug-likeness (QED) is 0.537. The fourth-order valence-electron chi connectivity index (χ4n) is 2.01. The third-order valence-electron chi connectivity index (χ3n) is 3.19. The normalized spacial score (nSPS) is 10.9. The van der Waals surface area contributed by atoms with E-state index in [4.69, 9.17) is 11.6 Å². The van der Waals surface area contributed by atoms with Gasteiger partial charge in [-0.3, -0.25) is 10.1 Å². The van der Waals surface area contributed by atoms with E-state index in [1.807, 2.05) is 47.8 Å². The molecule has 0 unspecified atom stereocenters. The first-order chi connectivity index (χ1) is 11.6. The highest BCUT2D eigenvalue weighted by atomic mass is 79.9. The number of anilines is 1. The molecule has 2 aromatic carbocycles. The Kier molecular flexibility index (Phi) is 5.45. The molecule has 0 saturated carbocycles. The molecule has 3 nitrogen and oxygen atoms in total. The van der Waals surface area contributed by atoms with Crippen molar-refractivity contribution in [3.05, 3.63) is 75.0 Å². The van der Waals surface area contributed by atoms with Crippen molar-refractivity contribution >= 4 is 56.0 Å². The van der Waals surface area contributed by atoms with E-state index in [2.05, 4.69) is 26.2 Å². The molecule has 6 heteroatoms. The van der Waals surface area contributed by atoms with Gasteiger partial charge in [-0.2, -0.15) is 0 Å². The van der Waals surface area contributed by atoms with Crippen LogP contribution in [0, 0.1) is 0 Å². The van der Waals surface area contributed by atoms with Crippen molar-refractivity contribution in [1.29, 1.82) is 0 Å². The number of nitrogens with zero attached hydrogens (tertiary/aromatic N) is 1. The van der Waals surface area contributed by atoms with Crippen LogP contribution in [0.15, 0.2) is 64.5 Å².